The van der Waals surface area contributed by atoms with Gasteiger partial charge in [0.25, 0.3) is 9.74 Å². The van der Waals surface area contributed by atoms with E-state index in [-0.39, 0.29) is 10.8 Å². The van der Waals surface area contributed by atoms with E-state index >= 15 is 0 Å². The molecule has 1 aromatic carbocycles. The topological polar surface area (TPSA) is 287 Å². The lowest BCUT2D eigenvalue weighted by atomic mass is 10.3. The molecule has 0 atom stereocenters. The molecule has 0 bridgehead atoms. The zero-order valence-corrected chi connectivity index (χ0v) is 22.4. The monoisotopic (exact) mass is 644 g/mol. The Morgan fingerprint density at radius 3 is 1.53 bits per heavy atom. The van der Waals surface area contributed by atoms with Gasteiger partial charge in [-0.05, 0) is 36.5 Å². The van der Waals surface area contributed by atoms with Gasteiger partial charge in [-0.15, -0.1) is 0 Å². The molecule has 0 saturated carbocycles. The quantitative estimate of drug-likeness (QED) is 0.0702. The van der Waals surface area contributed by atoms with Gasteiger partial charge in [0, 0.05) is 12.7 Å². The first kappa shape index (κ1) is 30.2. The summed E-state index contributed by atoms with van der Waals surface area (Å²) in [6, 6.07) is 3.85. The van der Waals surface area contributed by atoms with E-state index in [1.807, 2.05) is 0 Å². The van der Waals surface area contributed by atoms with Crippen LogP contribution in [0, 0.1) is 0 Å². The van der Waals surface area contributed by atoms with Gasteiger partial charge in [-0.2, -0.15) is 50.5 Å². The molecule has 1 aromatic rings. The van der Waals surface area contributed by atoms with Gasteiger partial charge in [-0.3, -0.25) is 15.6 Å². The molecule has 0 fully saturated rings. The lowest BCUT2D eigenvalue weighted by Gasteiger charge is -2.12. The molecule has 0 heterocycles. The molecule has 196 valence electrons. The number of benzene rings is 1. The number of rotatable bonds is 10. The number of thiol groups is 1. The minimum atomic E-state index is -7.57. The van der Waals surface area contributed by atoms with Crippen LogP contribution in [0.5, 0.6) is 0 Å². The van der Waals surface area contributed by atoms with Crippen LogP contribution >= 0.6 is 12.2 Å². The first-order valence-electron chi connectivity index (χ1n) is 7.36. The summed E-state index contributed by atoms with van der Waals surface area (Å²) in [5.74, 6) is 0. The highest BCUT2D eigenvalue weighted by atomic mass is 34.0. The molecule has 0 aliphatic rings. The summed E-state index contributed by atoms with van der Waals surface area (Å²) < 4.78 is 164. The molecule has 18 nitrogen and oxygen atoms in total. The average Bonchev–Trinajstić information content (AvgIpc) is 2.71. The van der Waals surface area contributed by atoms with Crippen molar-refractivity contribution in [3.05, 3.63) is 24.3 Å². The van der Waals surface area contributed by atoms with Crippen LogP contribution in [0.1, 0.15) is 0 Å². The number of nitrogens with one attached hydrogen (secondary N) is 4. The highest BCUT2D eigenvalue weighted by Crippen LogP contribution is 2.28. The molecule has 0 saturated heterocycles. The van der Waals surface area contributed by atoms with Crippen molar-refractivity contribution < 1.29 is 58.9 Å². The van der Waals surface area contributed by atoms with Crippen molar-refractivity contribution >= 4 is 87.0 Å². The maximum atomic E-state index is 12.1. The van der Waals surface area contributed by atoms with Crippen molar-refractivity contribution in [2.45, 2.75) is 0 Å². The number of hydrogen-bond acceptors (Lipinski definition) is 16. The van der Waals surface area contributed by atoms with Gasteiger partial charge in [-0.25, -0.2) is 8.42 Å². The molecule has 0 aliphatic heterocycles. The van der Waals surface area contributed by atoms with Gasteiger partial charge >= 0.3 is 48.6 Å². The molecular weight excluding hydrogens is 633 g/mol. The van der Waals surface area contributed by atoms with Crippen LogP contribution in [-0.4, -0.2) is 71.1 Å². The zero-order valence-electron chi connectivity index (χ0n) is 15.8. The van der Waals surface area contributed by atoms with E-state index in [9.17, 15) is 58.9 Å². The molecule has 0 unspecified atom stereocenters. The standard InChI is InChI=1S/C8H12N4O14S8/c1-9-8(27)11-10-6-2-4-7(5-3-6)12-29(15,16)31(19,20)33(23,24)34(25,26)32(21,22)30(17,18)28(13)14/h2-5,10,12,28H,1H3,(H2,9,11,27). The predicted molar refractivity (Wildman–Crippen MR) is 122 cm³/mol. The van der Waals surface area contributed by atoms with Gasteiger partial charge in [0.2, 0.25) is 0 Å². The van der Waals surface area contributed by atoms with Gasteiger partial charge in [0.15, 0.2) is 5.11 Å². The summed E-state index contributed by atoms with van der Waals surface area (Å²) in [4.78, 5) is 0. The second-order valence-corrected chi connectivity index (χ2v) is 30.1. The van der Waals surface area contributed by atoms with Gasteiger partial charge < -0.3 is 5.32 Å². The van der Waals surface area contributed by atoms with Gasteiger partial charge in [0.1, 0.15) is 0 Å². The minimum Gasteiger partial charge on any atom is -0.364 e. The average molecular weight is 645 g/mol. The fourth-order valence-corrected chi connectivity index (χ4v) is 34.2. The van der Waals surface area contributed by atoms with E-state index in [2.05, 4.69) is 16.2 Å². The zero-order chi connectivity index (χ0) is 27.0. The summed E-state index contributed by atoms with van der Waals surface area (Å²) in [6.45, 7) is 0. The molecule has 4 N–H and O–H groups in total. The molecule has 26 heteroatoms. The fraction of sp³-hybridized carbons (Fsp3) is 0.125. The summed E-state index contributed by atoms with van der Waals surface area (Å²) in [6.07, 6.45) is 0. The summed E-state index contributed by atoms with van der Waals surface area (Å²) >= 11 is 4.76. The number of hydrazine groups is 1. The Morgan fingerprint density at radius 2 is 1.12 bits per heavy atom. The maximum Gasteiger partial charge on any atom is 0.390 e. The van der Waals surface area contributed by atoms with E-state index in [1.165, 1.54) is 7.05 Å². The van der Waals surface area contributed by atoms with E-state index in [1.54, 1.807) is 0 Å². The van der Waals surface area contributed by atoms with Crippen LogP contribution in [0.15, 0.2) is 24.3 Å². The van der Waals surface area contributed by atoms with E-state index in [4.69, 9.17) is 12.2 Å². The van der Waals surface area contributed by atoms with Gasteiger partial charge in [-0.1, -0.05) is 0 Å². The van der Waals surface area contributed by atoms with Crippen molar-refractivity contribution in [1.29, 1.82) is 0 Å². The Kier molecular flexibility index (Phi) is 8.58. The lowest BCUT2D eigenvalue weighted by Crippen LogP contribution is -2.39. The van der Waals surface area contributed by atoms with Crippen LogP contribution in [0.3, 0.4) is 0 Å². The third kappa shape index (κ3) is 5.06. The second kappa shape index (κ2) is 9.66. The van der Waals surface area contributed by atoms with Gasteiger partial charge in [0.05, 0.1) is 5.69 Å². The molecule has 0 aliphatic carbocycles. The van der Waals surface area contributed by atoms with Crippen LogP contribution < -0.4 is 20.9 Å². The van der Waals surface area contributed by atoms with E-state index in [0.717, 1.165) is 29.0 Å². The first-order valence-corrected chi connectivity index (χ1v) is 21.0. The molecule has 0 spiro atoms. The van der Waals surface area contributed by atoms with Crippen LogP contribution in [0.4, 0.5) is 11.4 Å². The first-order chi connectivity index (χ1) is 15.1. The Bertz CT molecular complexity index is 1710. The molecular formula is C8H12N4O14S8. The lowest BCUT2D eigenvalue weighted by molar-refractivity contribution is 0.574. The van der Waals surface area contributed by atoms with Crippen molar-refractivity contribution in [2.24, 2.45) is 0 Å². The summed E-state index contributed by atoms with van der Waals surface area (Å²) in [7, 11) is -46.5. The highest BCUT2D eigenvalue weighted by Gasteiger charge is 2.62. The number of hydrogen-bond donors (Lipinski definition) is 5. The molecule has 0 amide bonds. The Morgan fingerprint density at radius 1 is 0.706 bits per heavy atom. The smallest absolute Gasteiger partial charge is 0.364 e. The Labute approximate surface area is 197 Å². The number of thiocarbonyl (C=S) groups is 1. The van der Waals surface area contributed by atoms with Crippen molar-refractivity contribution in [3.8, 4) is 0 Å². The Balaban J connectivity index is 3.46. The second-order valence-electron chi connectivity index (χ2n) is 5.25. The Hall–Kier alpha value is -1.84. The predicted octanol–water partition coefficient (Wildman–Crippen LogP) is -3.98. The van der Waals surface area contributed by atoms with Crippen LogP contribution in [0.25, 0.3) is 0 Å². The normalized spacial score (nSPS) is 13.7. The third-order valence-corrected chi connectivity index (χ3v) is 34.8. The largest absolute Gasteiger partial charge is 0.390 e. The minimum absolute atomic E-state index is 0.126. The van der Waals surface area contributed by atoms with Crippen LogP contribution in [0.2, 0.25) is 0 Å². The molecule has 0 radical (unpaired) electrons. The summed E-state index contributed by atoms with van der Waals surface area (Å²) in [5.41, 5.74) is 4.47. The van der Waals surface area contributed by atoms with Crippen molar-refractivity contribution in [2.75, 3.05) is 17.2 Å². The maximum absolute atomic E-state index is 12.1. The van der Waals surface area contributed by atoms with E-state index in [0.29, 0.717) is 0 Å². The highest BCUT2D eigenvalue weighted by molar-refractivity contribution is 9.34. The fourth-order valence-electron chi connectivity index (χ4n) is 1.50. The molecule has 0 aromatic heterocycles. The van der Waals surface area contributed by atoms with Crippen LogP contribution in [-0.2, 0) is 58.3 Å². The molecule has 1 rings (SSSR count). The molecule has 34 heavy (non-hydrogen) atoms. The third-order valence-electron chi connectivity index (χ3n) is 3.13. The SMILES string of the molecule is CNC(=S)NNc1ccc(NS(=O)(=O)S(=O)(=O)S(=O)(=O)S(=O)(=O)S(=O)(=O)S(=O)(=O)[SH](=O)=O)cc1. The number of anilines is 2. The van der Waals surface area contributed by atoms with E-state index < -0.39 is 64.0 Å². The summed E-state index contributed by atoms with van der Waals surface area (Å²) in [5, 5.41) is 2.65. The van der Waals surface area contributed by atoms with Crippen molar-refractivity contribution in [1.82, 2.24) is 10.7 Å². The van der Waals surface area contributed by atoms with Crippen molar-refractivity contribution in [3.63, 3.8) is 0 Å².